The number of sulfone groups is 1. The van der Waals surface area contributed by atoms with Crippen molar-refractivity contribution in [1.82, 2.24) is 4.98 Å². The Hall–Kier alpha value is -1.80. The molecule has 0 fully saturated rings. The van der Waals surface area contributed by atoms with E-state index in [2.05, 4.69) is 10.4 Å². The molecular formula is C9H5N2O4S2. The highest BCUT2D eigenvalue weighted by Crippen LogP contribution is 2.23. The molecule has 0 bridgehead atoms. The molecular weight excluding hydrogens is 264 g/mol. The van der Waals surface area contributed by atoms with E-state index in [1.54, 1.807) is 0 Å². The van der Waals surface area contributed by atoms with Gasteiger partial charge in [-0.2, -0.15) is 0 Å². The molecule has 0 atom stereocenters. The zero-order valence-corrected chi connectivity index (χ0v) is 9.86. The van der Waals surface area contributed by atoms with E-state index < -0.39 is 14.8 Å². The third-order valence-corrected chi connectivity index (χ3v) is 4.88. The quantitative estimate of drug-likeness (QED) is 0.624. The third kappa shape index (κ3) is 2.17. The molecule has 2 aromatic rings. The first-order valence-electron chi connectivity index (χ1n) is 4.33. The van der Waals surface area contributed by atoms with E-state index in [0.29, 0.717) is 0 Å². The number of hydrogen-bond donors (Lipinski definition) is 0. The molecule has 0 aromatic carbocycles. The molecule has 0 aliphatic rings. The predicted octanol–water partition coefficient (Wildman–Crippen LogP) is 1.68. The first-order chi connectivity index (χ1) is 8.01. The molecule has 2 rings (SSSR count). The van der Waals surface area contributed by atoms with Crippen LogP contribution in [0.5, 0.6) is 0 Å². The Kier molecular flexibility index (Phi) is 2.90. The zero-order valence-electron chi connectivity index (χ0n) is 8.23. The lowest BCUT2D eigenvalue weighted by molar-refractivity contribution is -0.385. The van der Waals surface area contributed by atoms with Crippen molar-refractivity contribution in [2.24, 2.45) is 0 Å². The molecule has 1 radical (unpaired) electrons. The lowest BCUT2D eigenvalue weighted by atomic mass is 10.4. The van der Waals surface area contributed by atoms with Gasteiger partial charge in [-0.1, -0.05) is 0 Å². The summed E-state index contributed by atoms with van der Waals surface area (Å²) in [4.78, 5) is 13.4. The van der Waals surface area contributed by atoms with Crippen molar-refractivity contribution in [3.05, 3.63) is 46.0 Å². The first kappa shape index (κ1) is 11.7. The van der Waals surface area contributed by atoms with Crippen molar-refractivity contribution in [2.45, 2.75) is 9.24 Å². The van der Waals surface area contributed by atoms with Crippen molar-refractivity contribution < 1.29 is 13.3 Å². The van der Waals surface area contributed by atoms with Gasteiger partial charge in [0.05, 0.1) is 4.92 Å². The number of aromatic nitrogens is 1. The second-order valence-corrected chi connectivity index (χ2v) is 5.99. The molecule has 0 saturated carbocycles. The number of pyridine rings is 1. The summed E-state index contributed by atoms with van der Waals surface area (Å²) in [6, 6.07) is 5.12. The van der Waals surface area contributed by atoms with Crippen LogP contribution in [0.15, 0.2) is 39.7 Å². The first-order valence-corrected chi connectivity index (χ1v) is 6.63. The fraction of sp³-hybridized carbons (Fsp3) is 0. The van der Waals surface area contributed by atoms with Crippen LogP contribution >= 0.6 is 11.3 Å². The summed E-state index contributed by atoms with van der Waals surface area (Å²) < 4.78 is 24.0. The van der Waals surface area contributed by atoms with E-state index >= 15 is 0 Å². The monoisotopic (exact) mass is 269 g/mol. The van der Waals surface area contributed by atoms with Gasteiger partial charge in [0.1, 0.15) is 10.4 Å². The van der Waals surface area contributed by atoms with Gasteiger partial charge in [0.2, 0.25) is 9.84 Å². The lowest BCUT2D eigenvalue weighted by Crippen LogP contribution is -2.02. The van der Waals surface area contributed by atoms with Gasteiger partial charge in [0.15, 0.2) is 5.03 Å². The highest BCUT2D eigenvalue weighted by Gasteiger charge is 2.21. The fourth-order valence-electron chi connectivity index (χ4n) is 1.12. The maximum Gasteiger partial charge on any atom is 0.287 e. The van der Waals surface area contributed by atoms with Crippen molar-refractivity contribution >= 4 is 26.9 Å². The van der Waals surface area contributed by atoms with Crippen molar-refractivity contribution in [3.8, 4) is 0 Å². The Bertz CT molecular complexity index is 632. The second kappa shape index (κ2) is 4.22. The number of hydrogen-bond acceptors (Lipinski definition) is 6. The predicted molar refractivity (Wildman–Crippen MR) is 59.5 cm³/mol. The SMILES string of the molecule is O=[N+]([O-])c1ccc(S(=O)(=O)c2cc[c]s2)nc1. The minimum absolute atomic E-state index is 0.110. The topological polar surface area (TPSA) is 90.2 Å². The van der Waals surface area contributed by atoms with Gasteiger partial charge >= 0.3 is 0 Å². The molecule has 2 heterocycles. The summed E-state index contributed by atoms with van der Waals surface area (Å²) in [6.45, 7) is 0. The highest BCUT2D eigenvalue weighted by molar-refractivity contribution is 7.93. The number of rotatable bonds is 3. The maximum absolute atomic E-state index is 11.9. The van der Waals surface area contributed by atoms with Crippen molar-refractivity contribution in [3.63, 3.8) is 0 Å². The van der Waals surface area contributed by atoms with Crippen LogP contribution in [0, 0.1) is 15.5 Å². The lowest BCUT2D eigenvalue weighted by Gasteiger charge is -1.99. The van der Waals surface area contributed by atoms with E-state index in [0.717, 1.165) is 29.7 Å². The van der Waals surface area contributed by atoms with Crippen LogP contribution in [0.2, 0.25) is 0 Å². The molecule has 17 heavy (non-hydrogen) atoms. The van der Waals surface area contributed by atoms with Gasteiger partial charge in [-0.05, 0) is 18.2 Å². The van der Waals surface area contributed by atoms with E-state index in [9.17, 15) is 18.5 Å². The molecule has 0 aliphatic carbocycles. The second-order valence-electron chi connectivity index (χ2n) is 2.99. The molecule has 6 nitrogen and oxygen atoms in total. The standard InChI is InChI=1S/C9H5N2O4S2/c12-11(13)7-3-4-8(10-6-7)17(14,15)9-2-1-5-16-9/h1-4,6H. The summed E-state index contributed by atoms with van der Waals surface area (Å²) in [5.41, 5.74) is -0.248. The molecule has 8 heteroatoms. The van der Waals surface area contributed by atoms with Crippen LogP contribution in [-0.2, 0) is 9.84 Å². The Morgan fingerprint density at radius 3 is 2.59 bits per heavy atom. The average molecular weight is 269 g/mol. The van der Waals surface area contributed by atoms with Gasteiger partial charge < -0.3 is 0 Å². The molecule has 0 amide bonds. The highest BCUT2D eigenvalue weighted by atomic mass is 32.2. The molecule has 2 aromatic heterocycles. The van der Waals surface area contributed by atoms with E-state index in [1.165, 1.54) is 12.1 Å². The van der Waals surface area contributed by atoms with Crippen LogP contribution in [0.3, 0.4) is 0 Å². The largest absolute Gasteiger partial charge is 0.287 e. The van der Waals surface area contributed by atoms with Crippen LogP contribution in [-0.4, -0.2) is 18.3 Å². The Morgan fingerprint density at radius 1 is 1.35 bits per heavy atom. The summed E-state index contributed by atoms with van der Waals surface area (Å²) in [6.07, 6.45) is 0.921. The van der Waals surface area contributed by atoms with E-state index in [4.69, 9.17) is 0 Å². The normalized spacial score (nSPS) is 11.3. The number of nitro groups is 1. The maximum atomic E-state index is 11.9. The van der Waals surface area contributed by atoms with Crippen molar-refractivity contribution in [1.29, 1.82) is 0 Å². The number of thiophene rings is 1. The Balaban J connectivity index is 2.45. The molecule has 87 valence electrons. The summed E-state index contributed by atoms with van der Waals surface area (Å²) in [7, 11) is -3.68. The summed E-state index contributed by atoms with van der Waals surface area (Å²) in [5.74, 6) is 0. The summed E-state index contributed by atoms with van der Waals surface area (Å²) >= 11 is 0.948. The number of nitrogens with zero attached hydrogens (tertiary/aromatic N) is 2. The fourth-order valence-corrected chi connectivity index (χ4v) is 3.23. The average Bonchev–Trinajstić information content (AvgIpc) is 2.83. The van der Waals surface area contributed by atoms with Gasteiger partial charge in [-0.3, -0.25) is 10.1 Å². The van der Waals surface area contributed by atoms with E-state index in [1.807, 2.05) is 0 Å². The minimum Gasteiger partial charge on any atom is -0.258 e. The van der Waals surface area contributed by atoms with Gasteiger partial charge in [-0.25, -0.2) is 13.4 Å². The molecule has 0 unspecified atom stereocenters. The van der Waals surface area contributed by atoms with Gasteiger partial charge in [0, 0.05) is 11.4 Å². The smallest absolute Gasteiger partial charge is 0.258 e. The van der Waals surface area contributed by atoms with Crippen LogP contribution in [0.1, 0.15) is 0 Å². The van der Waals surface area contributed by atoms with Crippen molar-refractivity contribution in [2.75, 3.05) is 0 Å². The Labute approximate surface area is 101 Å². The van der Waals surface area contributed by atoms with Crippen LogP contribution < -0.4 is 0 Å². The zero-order chi connectivity index (χ0) is 12.5. The Morgan fingerprint density at radius 2 is 2.12 bits per heavy atom. The molecule has 0 saturated heterocycles. The van der Waals surface area contributed by atoms with Crippen LogP contribution in [0.25, 0.3) is 0 Å². The third-order valence-electron chi connectivity index (χ3n) is 1.92. The molecule has 0 N–H and O–H groups in total. The van der Waals surface area contributed by atoms with Gasteiger partial charge in [-0.15, -0.1) is 11.3 Å². The molecule has 0 aliphatic heterocycles. The van der Waals surface area contributed by atoms with Crippen LogP contribution in [0.4, 0.5) is 5.69 Å². The summed E-state index contributed by atoms with van der Waals surface area (Å²) in [5, 5.41) is 12.9. The molecule has 0 spiro atoms. The van der Waals surface area contributed by atoms with E-state index in [-0.39, 0.29) is 14.9 Å². The minimum atomic E-state index is -3.68. The van der Waals surface area contributed by atoms with Gasteiger partial charge in [0.25, 0.3) is 5.69 Å².